The van der Waals surface area contributed by atoms with Crippen LogP contribution < -0.4 is 4.90 Å². The number of hydrogen-bond donors (Lipinski definition) is 0. The second kappa shape index (κ2) is 3.09. The van der Waals surface area contributed by atoms with Crippen molar-refractivity contribution in [3.8, 4) is 0 Å². The Morgan fingerprint density at radius 2 is 2.00 bits per heavy atom. The molecular weight excluding hydrogens is 214 g/mol. The first kappa shape index (κ1) is 8.11. The summed E-state index contributed by atoms with van der Waals surface area (Å²) in [5, 5.41) is 0. The van der Waals surface area contributed by atoms with E-state index in [1.807, 2.05) is 0 Å². The number of halogens is 1. The van der Waals surface area contributed by atoms with E-state index in [0.717, 1.165) is 10.5 Å². The van der Waals surface area contributed by atoms with Crippen molar-refractivity contribution in [2.24, 2.45) is 0 Å². The molecule has 12 heavy (non-hydrogen) atoms. The molecule has 1 aromatic rings. The smallest absolute Gasteiger partial charge is 0.0369 e. The molecule has 0 amide bonds. The van der Waals surface area contributed by atoms with Gasteiger partial charge in [0.1, 0.15) is 0 Å². The molecular formula is C10H12BrN. The highest BCUT2D eigenvalue weighted by molar-refractivity contribution is 9.10. The van der Waals surface area contributed by atoms with Crippen molar-refractivity contribution in [1.82, 2.24) is 0 Å². The maximum Gasteiger partial charge on any atom is 0.0369 e. The molecule has 1 aromatic carbocycles. The lowest BCUT2D eigenvalue weighted by molar-refractivity contribution is 0.481. The van der Waals surface area contributed by atoms with Crippen LogP contribution in [0.4, 0.5) is 5.69 Å². The number of hydrogen-bond acceptors (Lipinski definition) is 1. The van der Waals surface area contributed by atoms with E-state index in [1.165, 1.54) is 18.7 Å². The quantitative estimate of drug-likeness (QED) is 0.711. The third-order valence-corrected chi connectivity index (χ3v) is 3.01. The number of rotatable bonds is 1. The van der Waals surface area contributed by atoms with E-state index >= 15 is 0 Å². The van der Waals surface area contributed by atoms with Gasteiger partial charge in [0.15, 0.2) is 0 Å². The topological polar surface area (TPSA) is 3.24 Å². The SMILES string of the molecule is CC1CCN1c1ccc(Br)cc1. The Morgan fingerprint density at radius 3 is 2.42 bits per heavy atom. The monoisotopic (exact) mass is 225 g/mol. The van der Waals surface area contributed by atoms with Gasteiger partial charge in [-0.25, -0.2) is 0 Å². The second-order valence-electron chi connectivity index (χ2n) is 3.31. The van der Waals surface area contributed by atoms with E-state index < -0.39 is 0 Å². The number of anilines is 1. The molecule has 1 atom stereocenters. The van der Waals surface area contributed by atoms with Crippen LogP contribution in [0.25, 0.3) is 0 Å². The molecule has 1 aliphatic rings. The normalized spacial score (nSPS) is 22.2. The average molecular weight is 226 g/mol. The fourth-order valence-electron chi connectivity index (χ4n) is 1.53. The lowest BCUT2D eigenvalue weighted by Crippen LogP contribution is -2.45. The summed E-state index contributed by atoms with van der Waals surface area (Å²) in [5.74, 6) is 0. The van der Waals surface area contributed by atoms with Crippen LogP contribution >= 0.6 is 15.9 Å². The highest BCUT2D eigenvalue weighted by Crippen LogP contribution is 2.26. The fourth-order valence-corrected chi connectivity index (χ4v) is 1.80. The Morgan fingerprint density at radius 1 is 1.33 bits per heavy atom. The van der Waals surface area contributed by atoms with Crippen molar-refractivity contribution >= 4 is 21.6 Å². The molecule has 2 rings (SSSR count). The van der Waals surface area contributed by atoms with Gasteiger partial charge in [-0.1, -0.05) is 15.9 Å². The van der Waals surface area contributed by atoms with Crippen LogP contribution in [-0.2, 0) is 0 Å². The minimum Gasteiger partial charge on any atom is -0.369 e. The van der Waals surface area contributed by atoms with Gasteiger partial charge in [0.05, 0.1) is 0 Å². The van der Waals surface area contributed by atoms with Crippen LogP contribution in [0.5, 0.6) is 0 Å². The molecule has 0 aromatic heterocycles. The lowest BCUT2D eigenvalue weighted by atomic mass is 10.0. The van der Waals surface area contributed by atoms with Crippen LogP contribution in [0.15, 0.2) is 28.7 Å². The standard InChI is InChI=1S/C10H12BrN/c1-8-6-7-12(8)10-4-2-9(11)3-5-10/h2-5,8H,6-7H2,1H3. The van der Waals surface area contributed by atoms with E-state index in [2.05, 4.69) is 52.0 Å². The molecule has 2 heteroatoms. The predicted octanol–water partition coefficient (Wildman–Crippen LogP) is 3.05. The van der Waals surface area contributed by atoms with Gasteiger partial charge in [-0.05, 0) is 37.6 Å². The number of nitrogens with zero attached hydrogens (tertiary/aromatic N) is 1. The third kappa shape index (κ3) is 1.36. The van der Waals surface area contributed by atoms with Gasteiger partial charge in [-0.2, -0.15) is 0 Å². The molecule has 64 valence electrons. The molecule has 0 aliphatic carbocycles. The third-order valence-electron chi connectivity index (χ3n) is 2.48. The van der Waals surface area contributed by atoms with Crippen LogP contribution in [0.2, 0.25) is 0 Å². The maximum atomic E-state index is 3.43. The van der Waals surface area contributed by atoms with E-state index in [4.69, 9.17) is 0 Å². The van der Waals surface area contributed by atoms with Crippen molar-refractivity contribution in [3.63, 3.8) is 0 Å². The zero-order valence-electron chi connectivity index (χ0n) is 7.13. The summed E-state index contributed by atoms with van der Waals surface area (Å²) in [6.45, 7) is 3.48. The molecule has 0 N–H and O–H groups in total. The Labute approximate surface area is 81.5 Å². The molecule has 1 unspecified atom stereocenters. The van der Waals surface area contributed by atoms with Gasteiger partial charge < -0.3 is 4.90 Å². The Bertz CT molecular complexity index is 268. The largest absolute Gasteiger partial charge is 0.369 e. The Balaban J connectivity index is 2.18. The van der Waals surface area contributed by atoms with E-state index in [0.29, 0.717) is 0 Å². The average Bonchev–Trinajstić information content (AvgIpc) is 2.06. The molecule has 1 aliphatic heterocycles. The van der Waals surface area contributed by atoms with Crippen LogP contribution in [0.1, 0.15) is 13.3 Å². The highest BCUT2D eigenvalue weighted by atomic mass is 79.9. The van der Waals surface area contributed by atoms with E-state index in [9.17, 15) is 0 Å². The summed E-state index contributed by atoms with van der Waals surface area (Å²) in [6, 6.07) is 9.26. The van der Waals surface area contributed by atoms with Gasteiger partial charge in [0.2, 0.25) is 0 Å². The van der Waals surface area contributed by atoms with Gasteiger partial charge in [-0.15, -0.1) is 0 Å². The molecule has 0 saturated carbocycles. The minimum absolute atomic E-state index is 0.728. The van der Waals surface area contributed by atoms with Crippen molar-refractivity contribution in [1.29, 1.82) is 0 Å². The first-order valence-corrected chi connectivity index (χ1v) is 5.09. The lowest BCUT2D eigenvalue weighted by Gasteiger charge is -2.40. The summed E-state index contributed by atoms with van der Waals surface area (Å²) >= 11 is 3.43. The minimum atomic E-state index is 0.728. The fraction of sp³-hybridized carbons (Fsp3) is 0.400. The zero-order chi connectivity index (χ0) is 8.55. The van der Waals surface area contributed by atoms with Gasteiger partial charge in [0.25, 0.3) is 0 Å². The second-order valence-corrected chi connectivity index (χ2v) is 4.22. The van der Waals surface area contributed by atoms with E-state index in [1.54, 1.807) is 0 Å². The molecule has 1 fully saturated rings. The van der Waals surface area contributed by atoms with Gasteiger partial charge in [-0.3, -0.25) is 0 Å². The first-order chi connectivity index (χ1) is 5.77. The van der Waals surface area contributed by atoms with Crippen molar-refractivity contribution in [2.45, 2.75) is 19.4 Å². The molecule has 1 heterocycles. The van der Waals surface area contributed by atoms with Gasteiger partial charge in [0, 0.05) is 22.7 Å². The Kier molecular flexibility index (Phi) is 2.09. The van der Waals surface area contributed by atoms with Crippen LogP contribution in [-0.4, -0.2) is 12.6 Å². The summed E-state index contributed by atoms with van der Waals surface area (Å²) in [4.78, 5) is 2.42. The summed E-state index contributed by atoms with van der Waals surface area (Å²) in [7, 11) is 0. The van der Waals surface area contributed by atoms with Crippen LogP contribution in [0.3, 0.4) is 0 Å². The number of benzene rings is 1. The highest BCUT2D eigenvalue weighted by Gasteiger charge is 2.22. The zero-order valence-corrected chi connectivity index (χ0v) is 8.71. The maximum absolute atomic E-state index is 3.43. The van der Waals surface area contributed by atoms with Crippen LogP contribution in [0, 0.1) is 0 Å². The van der Waals surface area contributed by atoms with Gasteiger partial charge >= 0.3 is 0 Å². The molecule has 0 spiro atoms. The van der Waals surface area contributed by atoms with Crippen molar-refractivity contribution in [2.75, 3.05) is 11.4 Å². The molecule has 1 nitrogen and oxygen atoms in total. The predicted molar refractivity (Wildman–Crippen MR) is 55.6 cm³/mol. The summed E-state index contributed by atoms with van der Waals surface area (Å²) in [5.41, 5.74) is 1.34. The molecule has 1 saturated heterocycles. The summed E-state index contributed by atoms with van der Waals surface area (Å²) < 4.78 is 1.15. The summed E-state index contributed by atoms with van der Waals surface area (Å²) in [6.07, 6.45) is 1.33. The van der Waals surface area contributed by atoms with Crippen molar-refractivity contribution in [3.05, 3.63) is 28.7 Å². The van der Waals surface area contributed by atoms with Crippen molar-refractivity contribution < 1.29 is 0 Å². The van der Waals surface area contributed by atoms with E-state index in [-0.39, 0.29) is 0 Å². The molecule has 0 bridgehead atoms. The Hall–Kier alpha value is -0.500. The first-order valence-electron chi connectivity index (χ1n) is 4.29. The molecule has 0 radical (unpaired) electrons.